The summed E-state index contributed by atoms with van der Waals surface area (Å²) < 4.78 is 10.3. The minimum Gasteiger partial charge on any atom is -0.156 e. The van der Waals surface area contributed by atoms with E-state index in [9.17, 15) is 4.57 Å². The lowest BCUT2D eigenvalue weighted by Crippen LogP contribution is -1.91. The van der Waals surface area contributed by atoms with Crippen LogP contribution in [0.25, 0.3) is 0 Å². The molecule has 0 aromatic heterocycles. The number of hydrogen-bond donors (Lipinski definition) is 1. The minimum absolute atomic E-state index is 0.479. The Hall–Kier alpha value is -0.720. The summed E-state index contributed by atoms with van der Waals surface area (Å²) in [6.07, 6.45) is 0. The average Bonchev–Trinajstić information content (AvgIpc) is 2.10. The summed E-state index contributed by atoms with van der Waals surface area (Å²) in [6.45, 7) is 4.00. The molecule has 1 atom stereocenters. The summed E-state index contributed by atoms with van der Waals surface area (Å²) in [4.78, 5) is 8.53. The van der Waals surface area contributed by atoms with Crippen LogP contribution in [0.2, 0.25) is 0 Å². The van der Waals surface area contributed by atoms with Crippen LogP contribution < -0.4 is 5.30 Å². The molecule has 0 aliphatic carbocycles. The smallest absolute Gasteiger partial charge is 0.156 e. The molecule has 0 saturated heterocycles. The van der Waals surface area contributed by atoms with E-state index in [1.807, 2.05) is 19.9 Å². The zero-order valence-corrected chi connectivity index (χ0v) is 7.58. The van der Waals surface area contributed by atoms with Gasteiger partial charge in [-0.3, -0.25) is 0 Å². The Morgan fingerprint density at radius 2 is 1.64 bits per heavy atom. The van der Waals surface area contributed by atoms with Crippen molar-refractivity contribution in [1.82, 2.24) is 0 Å². The molecule has 0 aliphatic rings. The predicted octanol–water partition coefficient (Wildman–Crippen LogP) is 2.07. The Labute approximate surface area is 67.8 Å². The molecule has 0 radical (unpaired) electrons. The molecule has 1 unspecified atom stereocenters. The van der Waals surface area contributed by atoms with Gasteiger partial charge in [-0.05, 0) is 16.7 Å². The molecule has 0 saturated carbocycles. The Bertz CT molecular complexity index is 209. The van der Waals surface area contributed by atoms with E-state index >= 15 is 0 Å². The van der Waals surface area contributed by atoms with Crippen LogP contribution in [0.4, 0.5) is 0 Å². The standard InChI is InChI=1S/C6H5O2P.C2H6/c7-9(8)6-4-2-1-3-5-6;1-2/h1-5H;1-2H3/p+1. The highest BCUT2D eigenvalue weighted by Crippen LogP contribution is 2.10. The molecule has 2 nitrogen and oxygen atoms in total. The van der Waals surface area contributed by atoms with E-state index in [0.717, 1.165) is 0 Å². The summed E-state index contributed by atoms with van der Waals surface area (Å²) in [5.41, 5.74) is 0. The molecule has 0 spiro atoms. The van der Waals surface area contributed by atoms with Crippen molar-refractivity contribution < 1.29 is 9.46 Å². The van der Waals surface area contributed by atoms with Gasteiger partial charge in [0, 0.05) is 0 Å². The molecule has 0 amide bonds. The van der Waals surface area contributed by atoms with Gasteiger partial charge in [0.2, 0.25) is 5.30 Å². The topological polar surface area (TPSA) is 37.3 Å². The fraction of sp³-hybridized carbons (Fsp3) is 0.250. The van der Waals surface area contributed by atoms with Crippen molar-refractivity contribution in [2.24, 2.45) is 0 Å². The normalized spacial score (nSPS) is 9.55. The molecule has 0 heterocycles. The third kappa shape index (κ3) is 3.87. The van der Waals surface area contributed by atoms with Gasteiger partial charge in [0.05, 0.1) is 0 Å². The van der Waals surface area contributed by atoms with Gasteiger partial charge in [0.15, 0.2) is 0 Å². The fourth-order valence-electron chi connectivity index (χ4n) is 0.556. The molecule has 60 valence electrons. The molecule has 0 aliphatic heterocycles. The molecule has 1 aromatic carbocycles. The lowest BCUT2D eigenvalue weighted by molar-refractivity contribution is 0.513. The van der Waals surface area contributed by atoms with Crippen molar-refractivity contribution in [3.63, 3.8) is 0 Å². The van der Waals surface area contributed by atoms with Crippen molar-refractivity contribution in [3.8, 4) is 0 Å². The average molecular weight is 171 g/mol. The van der Waals surface area contributed by atoms with Gasteiger partial charge in [-0.2, -0.15) is 4.89 Å². The third-order valence-corrected chi connectivity index (χ3v) is 1.72. The maximum Gasteiger partial charge on any atom is 0.546 e. The van der Waals surface area contributed by atoms with E-state index in [4.69, 9.17) is 4.89 Å². The molecule has 1 N–H and O–H groups in total. The van der Waals surface area contributed by atoms with Crippen molar-refractivity contribution in [2.75, 3.05) is 0 Å². The Balaban J connectivity index is 0.000000461. The first-order chi connectivity index (χ1) is 5.30. The van der Waals surface area contributed by atoms with Crippen LogP contribution in [-0.4, -0.2) is 4.89 Å². The first-order valence-electron chi connectivity index (χ1n) is 3.52. The highest BCUT2D eigenvalue weighted by molar-refractivity contribution is 7.47. The lowest BCUT2D eigenvalue weighted by atomic mass is 10.4. The van der Waals surface area contributed by atoms with E-state index in [2.05, 4.69) is 0 Å². The number of benzene rings is 1. The Kier molecular flexibility index (Phi) is 5.63. The summed E-state index contributed by atoms with van der Waals surface area (Å²) >= 11 is 0. The van der Waals surface area contributed by atoms with E-state index in [-0.39, 0.29) is 0 Å². The van der Waals surface area contributed by atoms with Crippen LogP contribution in [0, 0.1) is 0 Å². The second kappa shape index (κ2) is 6.02. The minimum atomic E-state index is -2.15. The Morgan fingerprint density at radius 1 is 1.18 bits per heavy atom. The molecule has 1 aromatic rings. The highest BCUT2D eigenvalue weighted by Gasteiger charge is 2.12. The van der Waals surface area contributed by atoms with Crippen LogP contribution in [0.3, 0.4) is 0 Å². The van der Waals surface area contributed by atoms with Crippen LogP contribution in [0.15, 0.2) is 30.3 Å². The van der Waals surface area contributed by atoms with Crippen molar-refractivity contribution in [1.29, 1.82) is 0 Å². The van der Waals surface area contributed by atoms with Crippen LogP contribution in [-0.2, 0) is 4.57 Å². The van der Waals surface area contributed by atoms with Gasteiger partial charge >= 0.3 is 8.03 Å². The largest absolute Gasteiger partial charge is 0.546 e. The van der Waals surface area contributed by atoms with Gasteiger partial charge in [-0.1, -0.05) is 32.0 Å². The quantitative estimate of drug-likeness (QED) is 0.657. The molecule has 1 rings (SSSR count). The van der Waals surface area contributed by atoms with Gasteiger partial charge < -0.3 is 0 Å². The predicted molar refractivity (Wildman–Crippen MR) is 47.2 cm³/mol. The lowest BCUT2D eigenvalue weighted by Gasteiger charge is -1.77. The van der Waals surface area contributed by atoms with Crippen molar-refractivity contribution >= 4 is 13.3 Å². The Morgan fingerprint density at radius 3 is 1.91 bits per heavy atom. The first-order valence-corrected chi connectivity index (χ1v) is 4.73. The number of rotatable bonds is 1. The maximum absolute atomic E-state index is 10.3. The number of hydrogen-bond acceptors (Lipinski definition) is 1. The highest BCUT2D eigenvalue weighted by atomic mass is 31.1. The van der Waals surface area contributed by atoms with E-state index in [1.54, 1.807) is 24.3 Å². The maximum atomic E-state index is 10.3. The third-order valence-electron chi connectivity index (χ3n) is 0.977. The molecule has 0 bridgehead atoms. The van der Waals surface area contributed by atoms with E-state index < -0.39 is 8.03 Å². The van der Waals surface area contributed by atoms with E-state index in [1.165, 1.54) is 0 Å². The monoisotopic (exact) mass is 171 g/mol. The van der Waals surface area contributed by atoms with E-state index in [0.29, 0.717) is 5.30 Å². The zero-order valence-electron chi connectivity index (χ0n) is 6.69. The van der Waals surface area contributed by atoms with Gasteiger partial charge in [-0.15, -0.1) is 0 Å². The summed E-state index contributed by atoms with van der Waals surface area (Å²) in [7, 11) is -2.15. The molecule has 3 heteroatoms. The summed E-state index contributed by atoms with van der Waals surface area (Å²) in [5, 5.41) is 0.479. The molecule has 11 heavy (non-hydrogen) atoms. The second-order valence-electron chi connectivity index (χ2n) is 1.61. The van der Waals surface area contributed by atoms with Crippen molar-refractivity contribution in [2.45, 2.75) is 13.8 Å². The van der Waals surface area contributed by atoms with Crippen LogP contribution >= 0.6 is 8.03 Å². The SMILES string of the molecule is CC.O=[P+](O)c1ccccc1. The molecule has 0 fully saturated rings. The molecular formula is C8H12O2P+. The first kappa shape index (κ1) is 10.3. The molecular weight excluding hydrogens is 159 g/mol. The summed E-state index contributed by atoms with van der Waals surface area (Å²) in [5.74, 6) is 0. The van der Waals surface area contributed by atoms with Gasteiger partial charge in [0.1, 0.15) is 0 Å². The summed E-state index contributed by atoms with van der Waals surface area (Å²) in [6, 6.07) is 8.53. The van der Waals surface area contributed by atoms with Crippen LogP contribution in [0.5, 0.6) is 0 Å². The van der Waals surface area contributed by atoms with Gasteiger partial charge in [-0.25, -0.2) is 0 Å². The van der Waals surface area contributed by atoms with Crippen LogP contribution in [0.1, 0.15) is 13.8 Å². The zero-order chi connectivity index (χ0) is 8.69. The van der Waals surface area contributed by atoms with Gasteiger partial charge in [0.25, 0.3) is 0 Å². The fourth-order valence-corrected chi connectivity index (χ4v) is 0.983. The van der Waals surface area contributed by atoms with Crippen molar-refractivity contribution in [3.05, 3.63) is 30.3 Å². The second-order valence-corrected chi connectivity index (χ2v) is 2.67.